The van der Waals surface area contributed by atoms with Crippen LogP contribution < -0.4 is 9.13 Å². The zero-order valence-electron chi connectivity index (χ0n) is 17.2. The number of rotatable bonds is 4. The highest BCUT2D eigenvalue weighted by Crippen LogP contribution is 2.55. The maximum Gasteiger partial charge on any atom is 0.275 e. The van der Waals surface area contributed by atoms with Gasteiger partial charge in [-0.1, -0.05) is 77.9 Å². The summed E-state index contributed by atoms with van der Waals surface area (Å²) in [6.07, 6.45) is 0. The van der Waals surface area contributed by atoms with Crippen LogP contribution in [-0.2, 0) is 0 Å². The van der Waals surface area contributed by atoms with Crippen molar-refractivity contribution in [3.8, 4) is 0 Å². The summed E-state index contributed by atoms with van der Waals surface area (Å²) in [7, 11) is 2.36. The van der Waals surface area contributed by atoms with E-state index in [0.29, 0.717) is 0 Å². The minimum Gasteiger partial charge on any atom is -0.383 e. The zero-order chi connectivity index (χ0) is 18.9. The van der Waals surface area contributed by atoms with Gasteiger partial charge in [-0.05, 0) is 48.4 Å². The minimum absolute atomic E-state index is 0.139. The predicted molar refractivity (Wildman–Crippen MR) is 115 cm³/mol. The van der Waals surface area contributed by atoms with E-state index < -0.39 is 8.40 Å². The molecular weight excluding hydrogens is 320 g/mol. The average molecular weight is 355 g/mol. The van der Waals surface area contributed by atoms with E-state index in [0.717, 1.165) is 0 Å². The molecule has 0 aliphatic heterocycles. The van der Waals surface area contributed by atoms with Crippen molar-refractivity contribution in [1.82, 2.24) is 0 Å². The fourth-order valence-electron chi connectivity index (χ4n) is 5.04. The minimum atomic E-state index is -2.22. The summed E-state index contributed by atoms with van der Waals surface area (Å²) >= 11 is 0. The van der Waals surface area contributed by atoms with E-state index in [1.54, 1.807) is 0 Å². The number of nitrogens with zero attached hydrogens (tertiary/aromatic N) is 2. The summed E-state index contributed by atoms with van der Waals surface area (Å²) in [5, 5.41) is 0.279. The van der Waals surface area contributed by atoms with E-state index >= 15 is 0 Å². The molecule has 0 heterocycles. The Morgan fingerprint density at radius 3 is 1.08 bits per heavy atom. The van der Waals surface area contributed by atoms with Gasteiger partial charge >= 0.3 is 0 Å². The van der Waals surface area contributed by atoms with Gasteiger partial charge in [0.1, 0.15) is 0 Å². The fourth-order valence-corrected chi connectivity index (χ4v) is 12.8. The summed E-state index contributed by atoms with van der Waals surface area (Å²) in [5.41, 5.74) is 2.59. The second-order valence-corrected chi connectivity index (χ2v) is 14.6. The number of hydrogen-bond acceptors (Lipinski definition) is 2. The highest BCUT2D eigenvalue weighted by molar-refractivity contribution is 6.91. The molecule has 0 unspecified atom stereocenters. The molecule has 0 aromatic heterocycles. The molecule has 0 radical (unpaired) electrons. The Hall–Kier alpha value is -1.74. The maximum atomic E-state index is 2.60. The molecule has 0 amide bonds. The molecule has 0 aliphatic carbocycles. The summed E-state index contributed by atoms with van der Waals surface area (Å²) in [6.45, 7) is 14.4. The second kappa shape index (κ2) is 6.87. The van der Waals surface area contributed by atoms with E-state index in [4.69, 9.17) is 0 Å². The zero-order valence-corrected chi connectivity index (χ0v) is 18.2. The van der Waals surface area contributed by atoms with Crippen LogP contribution in [0.2, 0.25) is 10.1 Å². The van der Waals surface area contributed by atoms with Crippen LogP contribution in [0.25, 0.3) is 0 Å². The van der Waals surface area contributed by atoms with Crippen molar-refractivity contribution in [2.24, 2.45) is 0 Å². The highest BCUT2D eigenvalue weighted by Gasteiger charge is 2.60. The van der Waals surface area contributed by atoms with E-state index in [1.807, 2.05) is 0 Å². The standard InChI is InChI=1S/C22H34N2Si/c1-21(2,3)25(22(4,5)6,23(7)19-15-11-9-12-16-19)24(8)20-17-13-10-14-18-20/h9-18H,1-8H3. The van der Waals surface area contributed by atoms with Crippen molar-refractivity contribution >= 4 is 19.8 Å². The molecule has 136 valence electrons. The topological polar surface area (TPSA) is 6.48 Å². The quantitative estimate of drug-likeness (QED) is 0.594. The molecule has 0 atom stereocenters. The lowest BCUT2D eigenvalue weighted by atomic mass is 10.2. The molecule has 2 aromatic carbocycles. The van der Waals surface area contributed by atoms with Gasteiger partial charge in [0.05, 0.1) is 0 Å². The maximum absolute atomic E-state index is 2.60. The van der Waals surface area contributed by atoms with Crippen molar-refractivity contribution in [2.45, 2.75) is 51.6 Å². The van der Waals surface area contributed by atoms with Crippen LogP contribution in [-0.4, -0.2) is 22.5 Å². The number of benzene rings is 2. The molecule has 2 rings (SSSR count). The molecule has 25 heavy (non-hydrogen) atoms. The fraction of sp³-hybridized carbons (Fsp3) is 0.455. The van der Waals surface area contributed by atoms with Gasteiger partial charge in [-0.3, -0.25) is 0 Å². The Morgan fingerprint density at radius 2 is 0.840 bits per heavy atom. The van der Waals surface area contributed by atoms with Crippen LogP contribution in [0.5, 0.6) is 0 Å². The van der Waals surface area contributed by atoms with E-state index in [9.17, 15) is 0 Å². The van der Waals surface area contributed by atoms with Crippen LogP contribution >= 0.6 is 0 Å². The third kappa shape index (κ3) is 3.34. The molecule has 2 nitrogen and oxygen atoms in total. The smallest absolute Gasteiger partial charge is 0.275 e. The van der Waals surface area contributed by atoms with Crippen molar-refractivity contribution < 1.29 is 0 Å². The van der Waals surface area contributed by atoms with Crippen LogP contribution in [0.3, 0.4) is 0 Å². The Morgan fingerprint density at radius 1 is 0.560 bits per heavy atom. The summed E-state index contributed by atoms with van der Waals surface area (Å²) < 4.78 is 5.19. The van der Waals surface area contributed by atoms with Gasteiger partial charge in [0, 0.05) is 11.4 Å². The lowest BCUT2D eigenvalue weighted by molar-refractivity contribution is 0.593. The Bertz CT molecular complexity index is 607. The lowest BCUT2D eigenvalue weighted by Crippen LogP contribution is -2.74. The predicted octanol–water partition coefficient (Wildman–Crippen LogP) is 6.30. The van der Waals surface area contributed by atoms with Crippen molar-refractivity contribution in [3.63, 3.8) is 0 Å². The first-order valence-corrected chi connectivity index (χ1v) is 11.0. The van der Waals surface area contributed by atoms with E-state index in [1.165, 1.54) is 11.4 Å². The lowest BCUT2D eigenvalue weighted by Gasteiger charge is -2.61. The van der Waals surface area contributed by atoms with Gasteiger partial charge in [0.15, 0.2) is 0 Å². The van der Waals surface area contributed by atoms with Gasteiger partial charge in [-0.2, -0.15) is 0 Å². The van der Waals surface area contributed by atoms with Crippen LogP contribution in [0.15, 0.2) is 60.7 Å². The molecule has 0 fully saturated rings. The monoisotopic (exact) mass is 354 g/mol. The van der Waals surface area contributed by atoms with Crippen LogP contribution in [0.1, 0.15) is 41.5 Å². The summed E-state index contributed by atoms with van der Waals surface area (Å²) in [4.78, 5) is 0. The molecule has 0 saturated carbocycles. The second-order valence-electron chi connectivity index (χ2n) is 8.96. The van der Waals surface area contributed by atoms with Gasteiger partial charge in [0.2, 0.25) is 0 Å². The molecule has 0 aliphatic rings. The first-order valence-electron chi connectivity index (χ1n) is 9.11. The normalized spacial score (nSPS) is 12.8. The molecule has 0 N–H and O–H groups in total. The first-order chi connectivity index (χ1) is 11.5. The first kappa shape index (κ1) is 19.6. The molecule has 3 heteroatoms. The van der Waals surface area contributed by atoms with Crippen LogP contribution in [0, 0.1) is 0 Å². The number of para-hydroxylation sites is 2. The third-order valence-corrected chi connectivity index (χ3v) is 12.0. The average Bonchev–Trinajstić information content (AvgIpc) is 2.54. The number of anilines is 2. The van der Waals surface area contributed by atoms with Gasteiger partial charge < -0.3 is 9.13 Å². The molecule has 2 aromatic rings. The Kier molecular flexibility index (Phi) is 5.38. The van der Waals surface area contributed by atoms with Gasteiger partial charge in [0.25, 0.3) is 8.40 Å². The Balaban J connectivity index is 2.74. The molecule has 0 bridgehead atoms. The summed E-state index contributed by atoms with van der Waals surface area (Å²) in [6, 6.07) is 21.7. The molecular formula is C22H34N2Si. The number of hydrogen-bond donors (Lipinski definition) is 0. The summed E-state index contributed by atoms with van der Waals surface area (Å²) in [5.74, 6) is 0. The van der Waals surface area contributed by atoms with Crippen LogP contribution in [0.4, 0.5) is 11.4 Å². The largest absolute Gasteiger partial charge is 0.383 e. The van der Waals surface area contributed by atoms with Crippen molar-refractivity contribution in [1.29, 1.82) is 0 Å². The Labute approximate surface area is 155 Å². The van der Waals surface area contributed by atoms with Crippen molar-refractivity contribution in [2.75, 3.05) is 23.2 Å². The van der Waals surface area contributed by atoms with Gasteiger partial charge in [-0.15, -0.1) is 0 Å². The van der Waals surface area contributed by atoms with Gasteiger partial charge in [-0.25, -0.2) is 0 Å². The SMILES string of the molecule is CN(c1ccccc1)[Si](N(C)c1ccccc1)(C(C)(C)C)C(C)(C)C. The van der Waals surface area contributed by atoms with E-state index in [-0.39, 0.29) is 10.1 Å². The molecule has 0 spiro atoms. The highest BCUT2D eigenvalue weighted by atomic mass is 28.4. The third-order valence-electron chi connectivity index (χ3n) is 5.35. The molecule has 0 saturated heterocycles. The van der Waals surface area contributed by atoms with Crippen molar-refractivity contribution in [3.05, 3.63) is 60.7 Å². The van der Waals surface area contributed by atoms with E-state index in [2.05, 4.69) is 125 Å².